The maximum atomic E-state index is 12.9. The number of hydrogen-bond acceptors (Lipinski definition) is 3. The van der Waals surface area contributed by atoms with E-state index in [2.05, 4.69) is 26.1 Å². The van der Waals surface area contributed by atoms with E-state index in [1.54, 1.807) is 0 Å². The van der Waals surface area contributed by atoms with Crippen LogP contribution in [0.4, 0.5) is 5.69 Å². The van der Waals surface area contributed by atoms with Crippen molar-refractivity contribution in [3.8, 4) is 17.2 Å². The summed E-state index contributed by atoms with van der Waals surface area (Å²) in [5.41, 5.74) is 1.90. The first-order valence-electron chi connectivity index (χ1n) is 10.3. The molecule has 1 atom stereocenters. The Labute approximate surface area is 178 Å². The van der Waals surface area contributed by atoms with Gasteiger partial charge in [0.2, 0.25) is 0 Å². The van der Waals surface area contributed by atoms with E-state index in [0.717, 1.165) is 0 Å². The fourth-order valence-electron chi connectivity index (χ4n) is 3.01. The number of hydrogen-bond donors (Lipinski definition) is 1. The highest BCUT2D eigenvalue weighted by molar-refractivity contribution is 5.95. The Balaban J connectivity index is 1.70. The molecule has 4 nitrogen and oxygen atoms in total. The van der Waals surface area contributed by atoms with Crippen molar-refractivity contribution in [2.24, 2.45) is 0 Å². The summed E-state index contributed by atoms with van der Waals surface area (Å²) in [6.45, 7) is 8.43. The summed E-state index contributed by atoms with van der Waals surface area (Å²) in [5, 5.41) is 2.95. The van der Waals surface area contributed by atoms with Gasteiger partial charge in [-0.1, -0.05) is 70.2 Å². The molecular weight excluding hydrogens is 374 g/mol. The molecule has 0 bridgehead atoms. The number of anilines is 1. The van der Waals surface area contributed by atoms with Crippen LogP contribution >= 0.6 is 0 Å². The van der Waals surface area contributed by atoms with Crippen molar-refractivity contribution in [2.75, 3.05) is 5.32 Å². The first kappa shape index (κ1) is 21.4. The molecule has 0 heterocycles. The molecule has 30 heavy (non-hydrogen) atoms. The third kappa shape index (κ3) is 5.63. The number of nitrogens with one attached hydrogen (secondary N) is 1. The summed E-state index contributed by atoms with van der Waals surface area (Å²) in [7, 11) is 0. The smallest absolute Gasteiger partial charge is 0.265 e. The van der Waals surface area contributed by atoms with Crippen molar-refractivity contribution in [1.82, 2.24) is 0 Å². The van der Waals surface area contributed by atoms with Crippen molar-refractivity contribution >= 4 is 11.6 Å². The van der Waals surface area contributed by atoms with Crippen molar-refractivity contribution in [1.29, 1.82) is 0 Å². The van der Waals surface area contributed by atoms with Crippen LogP contribution in [-0.2, 0) is 10.2 Å². The lowest BCUT2D eigenvalue weighted by atomic mass is 9.87. The zero-order valence-electron chi connectivity index (χ0n) is 18.0. The average Bonchev–Trinajstić information content (AvgIpc) is 2.74. The summed E-state index contributed by atoms with van der Waals surface area (Å²) in [5.74, 6) is 1.77. The van der Waals surface area contributed by atoms with Gasteiger partial charge in [-0.25, -0.2) is 0 Å². The highest BCUT2D eigenvalue weighted by atomic mass is 16.5. The number of amides is 1. The third-order valence-corrected chi connectivity index (χ3v) is 4.78. The lowest BCUT2D eigenvalue weighted by Gasteiger charge is -2.21. The van der Waals surface area contributed by atoms with Crippen LogP contribution in [0.15, 0.2) is 78.9 Å². The molecule has 0 spiro atoms. The Morgan fingerprint density at radius 1 is 0.867 bits per heavy atom. The molecule has 3 rings (SSSR count). The zero-order chi connectivity index (χ0) is 21.6. The molecule has 0 aromatic heterocycles. The molecule has 0 aliphatic rings. The summed E-state index contributed by atoms with van der Waals surface area (Å²) in [6.07, 6.45) is -0.0514. The van der Waals surface area contributed by atoms with Gasteiger partial charge in [0, 0.05) is 0 Å². The van der Waals surface area contributed by atoms with Gasteiger partial charge in [-0.05, 0) is 53.8 Å². The van der Waals surface area contributed by atoms with Gasteiger partial charge in [-0.15, -0.1) is 0 Å². The monoisotopic (exact) mass is 403 g/mol. The minimum absolute atomic E-state index is 0.0720. The second kappa shape index (κ2) is 9.49. The van der Waals surface area contributed by atoms with Gasteiger partial charge < -0.3 is 14.8 Å². The van der Waals surface area contributed by atoms with Crippen LogP contribution in [0.1, 0.15) is 39.7 Å². The van der Waals surface area contributed by atoms with E-state index in [9.17, 15) is 4.79 Å². The van der Waals surface area contributed by atoms with E-state index >= 15 is 0 Å². The molecule has 156 valence electrons. The largest absolute Gasteiger partial charge is 0.481 e. The first-order chi connectivity index (χ1) is 14.4. The summed E-state index contributed by atoms with van der Waals surface area (Å²) >= 11 is 0. The Morgan fingerprint density at radius 2 is 1.50 bits per heavy atom. The highest BCUT2D eigenvalue weighted by Gasteiger charge is 2.21. The molecule has 3 aromatic carbocycles. The molecule has 0 unspecified atom stereocenters. The number of para-hydroxylation sites is 3. The number of carbonyl (C=O) groups excluding carboxylic acids is 1. The van der Waals surface area contributed by atoms with Crippen molar-refractivity contribution < 1.29 is 14.3 Å². The number of rotatable bonds is 7. The molecule has 0 saturated carbocycles. The minimum Gasteiger partial charge on any atom is -0.481 e. The zero-order valence-corrected chi connectivity index (χ0v) is 18.0. The van der Waals surface area contributed by atoms with Gasteiger partial charge in [0.15, 0.2) is 11.9 Å². The normalized spacial score (nSPS) is 12.1. The van der Waals surface area contributed by atoms with Gasteiger partial charge >= 0.3 is 0 Å². The summed E-state index contributed by atoms with van der Waals surface area (Å²) in [6, 6.07) is 24.8. The van der Waals surface area contributed by atoms with E-state index in [1.165, 1.54) is 5.56 Å². The van der Waals surface area contributed by atoms with Crippen molar-refractivity contribution in [3.05, 3.63) is 84.4 Å². The SMILES string of the molecule is CC[C@H](Oc1ccc(C(C)(C)C)cc1)C(=O)Nc1ccccc1Oc1ccccc1. The Morgan fingerprint density at radius 3 is 2.13 bits per heavy atom. The molecule has 0 radical (unpaired) electrons. The second-order valence-electron chi connectivity index (χ2n) is 8.19. The quantitative estimate of drug-likeness (QED) is 0.485. The molecule has 0 aliphatic heterocycles. The van der Waals surface area contributed by atoms with Crippen LogP contribution < -0.4 is 14.8 Å². The predicted molar refractivity (Wildman–Crippen MR) is 121 cm³/mol. The number of ether oxygens (including phenoxy) is 2. The maximum absolute atomic E-state index is 12.9. The van der Waals surface area contributed by atoms with Gasteiger partial charge in [0.25, 0.3) is 5.91 Å². The minimum atomic E-state index is -0.602. The van der Waals surface area contributed by atoms with E-state index in [4.69, 9.17) is 9.47 Å². The second-order valence-corrected chi connectivity index (χ2v) is 8.19. The lowest BCUT2D eigenvalue weighted by Crippen LogP contribution is -2.32. The van der Waals surface area contributed by atoms with E-state index < -0.39 is 6.10 Å². The van der Waals surface area contributed by atoms with Crippen LogP contribution in [0, 0.1) is 0 Å². The molecule has 0 aliphatic carbocycles. The molecule has 0 fully saturated rings. The van der Waals surface area contributed by atoms with Gasteiger partial charge in [-0.2, -0.15) is 0 Å². The van der Waals surface area contributed by atoms with Crippen LogP contribution in [0.3, 0.4) is 0 Å². The van der Waals surface area contributed by atoms with Crippen LogP contribution in [0.2, 0.25) is 0 Å². The molecule has 4 heteroatoms. The van der Waals surface area contributed by atoms with Gasteiger partial charge in [-0.3, -0.25) is 4.79 Å². The van der Waals surface area contributed by atoms with Crippen LogP contribution in [0.5, 0.6) is 17.2 Å². The van der Waals surface area contributed by atoms with E-state index in [0.29, 0.717) is 29.4 Å². The van der Waals surface area contributed by atoms with Crippen LogP contribution in [0.25, 0.3) is 0 Å². The molecule has 1 amide bonds. The van der Waals surface area contributed by atoms with E-state index in [1.807, 2.05) is 85.8 Å². The van der Waals surface area contributed by atoms with Crippen molar-refractivity contribution in [2.45, 2.75) is 45.6 Å². The molecular formula is C26H29NO3. The average molecular weight is 404 g/mol. The van der Waals surface area contributed by atoms with Gasteiger partial charge in [0.1, 0.15) is 11.5 Å². The predicted octanol–water partition coefficient (Wildman–Crippen LogP) is 6.57. The fraction of sp³-hybridized carbons (Fsp3) is 0.269. The standard InChI is InChI=1S/C26H29NO3/c1-5-23(29-21-17-15-19(16-18-21)26(2,3)4)25(28)27-22-13-9-10-14-24(22)30-20-11-7-6-8-12-20/h6-18,23H,5H2,1-4H3,(H,27,28)/t23-/m0/s1. The topological polar surface area (TPSA) is 47.6 Å². The molecule has 1 N–H and O–H groups in total. The molecule has 0 saturated heterocycles. The third-order valence-electron chi connectivity index (χ3n) is 4.78. The molecule has 3 aromatic rings. The highest BCUT2D eigenvalue weighted by Crippen LogP contribution is 2.30. The van der Waals surface area contributed by atoms with Crippen molar-refractivity contribution in [3.63, 3.8) is 0 Å². The Kier molecular flexibility index (Phi) is 6.78. The Bertz CT molecular complexity index is 960. The fourth-order valence-corrected chi connectivity index (χ4v) is 3.01. The maximum Gasteiger partial charge on any atom is 0.265 e. The number of benzene rings is 3. The van der Waals surface area contributed by atoms with E-state index in [-0.39, 0.29) is 11.3 Å². The summed E-state index contributed by atoms with van der Waals surface area (Å²) < 4.78 is 11.9. The summed E-state index contributed by atoms with van der Waals surface area (Å²) in [4.78, 5) is 12.9. The Hall–Kier alpha value is -3.27. The number of carbonyl (C=O) groups is 1. The first-order valence-corrected chi connectivity index (χ1v) is 10.3. The van der Waals surface area contributed by atoms with Gasteiger partial charge in [0.05, 0.1) is 5.69 Å². The lowest BCUT2D eigenvalue weighted by molar-refractivity contribution is -0.122. The van der Waals surface area contributed by atoms with Crippen LogP contribution in [-0.4, -0.2) is 12.0 Å².